The average molecular weight is 472 g/mol. The molecule has 0 saturated carbocycles. The molecule has 4 nitrogen and oxygen atoms in total. The Morgan fingerprint density at radius 3 is 2.72 bits per heavy atom. The number of esters is 1. The highest BCUT2D eigenvalue weighted by Crippen LogP contribution is 2.40. The topological polar surface area (TPSA) is 47.9 Å². The van der Waals surface area contributed by atoms with Gasteiger partial charge in [-0.2, -0.15) is 0 Å². The lowest BCUT2D eigenvalue weighted by Gasteiger charge is -2.11. The lowest BCUT2D eigenvalue weighted by atomic mass is 9.95. The molecule has 32 heavy (non-hydrogen) atoms. The maximum Gasteiger partial charge on any atom is 0.341 e. The number of benzene rings is 2. The molecular weight excluding hydrogens is 449 g/mol. The molecule has 0 saturated heterocycles. The summed E-state index contributed by atoms with van der Waals surface area (Å²) in [6, 6.07) is 11.9. The molecule has 0 aliphatic heterocycles. The molecule has 0 bridgehead atoms. The Morgan fingerprint density at radius 2 is 1.97 bits per heavy atom. The number of halogens is 2. The Balaban J connectivity index is 1.48. The van der Waals surface area contributed by atoms with E-state index >= 15 is 0 Å². The van der Waals surface area contributed by atoms with E-state index in [0.717, 1.165) is 36.8 Å². The predicted molar refractivity (Wildman–Crippen MR) is 126 cm³/mol. The van der Waals surface area contributed by atoms with Crippen molar-refractivity contribution < 1.29 is 18.7 Å². The molecule has 0 spiro atoms. The van der Waals surface area contributed by atoms with Crippen molar-refractivity contribution in [2.75, 3.05) is 6.61 Å². The minimum absolute atomic E-state index is 0.0442. The quantitative estimate of drug-likeness (QED) is 0.277. The zero-order valence-electron chi connectivity index (χ0n) is 17.7. The van der Waals surface area contributed by atoms with Crippen LogP contribution in [0.5, 0.6) is 5.75 Å². The van der Waals surface area contributed by atoms with E-state index in [1.807, 2.05) is 19.1 Å². The summed E-state index contributed by atoms with van der Waals surface area (Å²) < 4.78 is 24.8. The maximum absolute atomic E-state index is 13.9. The molecule has 0 unspecified atom stereocenters. The van der Waals surface area contributed by atoms with Gasteiger partial charge in [0.25, 0.3) is 0 Å². The molecule has 166 valence electrons. The number of nitrogens with zero attached hydrogens (tertiary/aromatic N) is 1. The molecule has 7 heteroatoms. The van der Waals surface area contributed by atoms with Gasteiger partial charge in [0, 0.05) is 16.7 Å². The lowest BCUT2D eigenvalue weighted by Crippen LogP contribution is -2.09. The number of hydrogen-bond donors (Lipinski definition) is 0. The van der Waals surface area contributed by atoms with Crippen LogP contribution in [0.2, 0.25) is 5.02 Å². The number of ether oxygens (including phenoxy) is 2. The summed E-state index contributed by atoms with van der Waals surface area (Å²) in [6.45, 7) is 2.19. The fourth-order valence-electron chi connectivity index (χ4n) is 3.67. The van der Waals surface area contributed by atoms with E-state index in [0.29, 0.717) is 33.5 Å². The number of thiophene rings is 1. The molecule has 0 radical (unpaired) electrons. The first-order valence-corrected chi connectivity index (χ1v) is 11.8. The summed E-state index contributed by atoms with van der Waals surface area (Å²) in [5.74, 6) is -0.0906. The Kier molecular flexibility index (Phi) is 7.22. The number of fused-ring (bicyclic) bond motifs is 1. The predicted octanol–water partition coefficient (Wildman–Crippen LogP) is 6.93. The molecule has 0 fully saturated rings. The van der Waals surface area contributed by atoms with Crippen LogP contribution < -0.4 is 4.74 Å². The summed E-state index contributed by atoms with van der Waals surface area (Å²) in [4.78, 5) is 18.4. The lowest BCUT2D eigenvalue weighted by molar-refractivity contribution is 0.0526. The molecule has 1 aliphatic rings. The molecule has 1 heterocycles. The Bertz CT molecular complexity index is 1120. The van der Waals surface area contributed by atoms with Crippen LogP contribution in [0.25, 0.3) is 0 Å². The summed E-state index contributed by atoms with van der Waals surface area (Å²) >= 11 is 7.62. The fraction of sp³-hybridized carbons (Fsp3) is 0.280. The van der Waals surface area contributed by atoms with Gasteiger partial charge in [-0.15, -0.1) is 11.3 Å². The number of hydrogen-bond acceptors (Lipinski definition) is 5. The van der Waals surface area contributed by atoms with Crippen molar-refractivity contribution in [3.05, 3.63) is 80.4 Å². The van der Waals surface area contributed by atoms with E-state index in [1.54, 1.807) is 41.8 Å². The highest BCUT2D eigenvalue weighted by atomic mass is 35.5. The molecule has 4 rings (SSSR count). The minimum atomic E-state index is -0.391. The zero-order valence-corrected chi connectivity index (χ0v) is 19.3. The van der Waals surface area contributed by atoms with Crippen molar-refractivity contribution in [2.24, 2.45) is 4.99 Å². The zero-order chi connectivity index (χ0) is 22.5. The van der Waals surface area contributed by atoms with Crippen LogP contribution in [0.1, 0.15) is 51.7 Å². The third-order valence-electron chi connectivity index (χ3n) is 5.29. The number of aryl methyl sites for hydroxylation is 1. The molecule has 0 atom stereocenters. The van der Waals surface area contributed by atoms with Gasteiger partial charge in [0.1, 0.15) is 23.2 Å². The fourth-order valence-corrected chi connectivity index (χ4v) is 5.10. The van der Waals surface area contributed by atoms with E-state index in [4.69, 9.17) is 21.1 Å². The molecule has 1 aromatic heterocycles. The summed E-state index contributed by atoms with van der Waals surface area (Å²) in [7, 11) is 0. The number of carbonyl (C=O) groups excluding carboxylic acids is 1. The Morgan fingerprint density at radius 1 is 1.19 bits per heavy atom. The van der Waals surface area contributed by atoms with Gasteiger partial charge < -0.3 is 9.47 Å². The molecule has 1 aliphatic carbocycles. The average Bonchev–Trinajstić information content (AvgIpc) is 3.17. The van der Waals surface area contributed by atoms with Crippen molar-refractivity contribution >= 4 is 40.1 Å². The van der Waals surface area contributed by atoms with Gasteiger partial charge in [0.2, 0.25) is 0 Å². The van der Waals surface area contributed by atoms with Gasteiger partial charge in [-0.25, -0.2) is 14.2 Å². The van der Waals surface area contributed by atoms with Crippen molar-refractivity contribution in [2.45, 2.75) is 39.2 Å². The van der Waals surface area contributed by atoms with Crippen molar-refractivity contribution in [3.63, 3.8) is 0 Å². The molecule has 3 aromatic rings. The summed E-state index contributed by atoms with van der Waals surface area (Å²) in [5, 5.41) is 1.04. The molecule has 0 amide bonds. The second kappa shape index (κ2) is 10.3. The van der Waals surface area contributed by atoms with E-state index in [1.165, 1.54) is 10.9 Å². The van der Waals surface area contributed by atoms with Gasteiger partial charge in [-0.1, -0.05) is 17.7 Å². The van der Waals surface area contributed by atoms with Crippen molar-refractivity contribution in [1.29, 1.82) is 0 Å². The van der Waals surface area contributed by atoms with Crippen LogP contribution in [0.4, 0.5) is 9.39 Å². The second-order valence-electron chi connectivity index (χ2n) is 7.43. The monoisotopic (exact) mass is 471 g/mol. The second-order valence-corrected chi connectivity index (χ2v) is 8.92. The summed E-state index contributed by atoms with van der Waals surface area (Å²) in [6.07, 6.45) is 5.84. The Hall–Kier alpha value is -2.70. The minimum Gasteiger partial charge on any atom is -0.489 e. The van der Waals surface area contributed by atoms with Crippen LogP contribution in [-0.2, 0) is 24.2 Å². The normalized spacial score (nSPS) is 13.2. The van der Waals surface area contributed by atoms with Crippen LogP contribution >= 0.6 is 22.9 Å². The Labute approximate surface area is 195 Å². The highest BCUT2D eigenvalue weighted by Gasteiger charge is 2.26. The van der Waals surface area contributed by atoms with E-state index in [-0.39, 0.29) is 12.6 Å². The van der Waals surface area contributed by atoms with Crippen molar-refractivity contribution in [1.82, 2.24) is 0 Å². The summed E-state index contributed by atoms with van der Waals surface area (Å²) in [5.41, 5.74) is 2.90. The van der Waals surface area contributed by atoms with Crippen molar-refractivity contribution in [3.8, 4) is 5.75 Å². The van der Waals surface area contributed by atoms with Crippen LogP contribution in [0.15, 0.2) is 47.5 Å². The number of rotatable bonds is 7. The standard InChI is InChI=1S/C25H23ClFNO3S/c1-2-30-25(29)23-18-6-3-4-9-22(18)32-24(23)28-14-16-10-12-17(13-11-16)31-15-19-20(26)7-5-8-21(19)27/h5,7-8,10-14H,2-4,6,9,15H2,1H3. The number of aliphatic imine (C=N–C) groups is 1. The highest BCUT2D eigenvalue weighted by molar-refractivity contribution is 7.16. The molecule has 2 aromatic carbocycles. The first-order chi connectivity index (χ1) is 15.6. The smallest absolute Gasteiger partial charge is 0.341 e. The van der Waals surface area contributed by atoms with E-state index < -0.39 is 5.82 Å². The molecule has 0 N–H and O–H groups in total. The van der Waals surface area contributed by atoms with Gasteiger partial charge in [-0.05, 0) is 80.1 Å². The van der Waals surface area contributed by atoms with Crippen LogP contribution in [-0.4, -0.2) is 18.8 Å². The number of carbonyl (C=O) groups is 1. The van der Waals surface area contributed by atoms with Gasteiger partial charge in [0.15, 0.2) is 0 Å². The third kappa shape index (κ3) is 5.03. The van der Waals surface area contributed by atoms with Gasteiger partial charge >= 0.3 is 5.97 Å². The SMILES string of the molecule is CCOC(=O)c1c(N=Cc2ccc(OCc3c(F)cccc3Cl)cc2)sc2c1CCCC2. The van der Waals surface area contributed by atoms with Gasteiger partial charge in [-0.3, -0.25) is 0 Å². The van der Waals surface area contributed by atoms with E-state index in [9.17, 15) is 9.18 Å². The van der Waals surface area contributed by atoms with Crippen LogP contribution in [0.3, 0.4) is 0 Å². The van der Waals surface area contributed by atoms with Crippen LogP contribution in [0, 0.1) is 5.82 Å². The first-order valence-electron chi connectivity index (χ1n) is 10.6. The molecular formula is C25H23ClFNO3S. The first kappa shape index (κ1) is 22.5. The van der Waals surface area contributed by atoms with Gasteiger partial charge in [0.05, 0.1) is 17.2 Å². The van der Waals surface area contributed by atoms with E-state index in [2.05, 4.69) is 4.99 Å². The third-order valence-corrected chi connectivity index (χ3v) is 6.84. The largest absolute Gasteiger partial charge is 0.489 e. The maximum atomic E-state index is 13.9.